The molecule has 2 aromatic carbocycles. The number of aliphatic carboxylic acids is 1. The number of carboxylic acids is 1. The van der Waals surface area contributed by atoms with Crippen LogP contribution in [0.15, 0.2) is 53.2 Å². The largest absolute Gasteiger partial charge is 0.480 e. The van der Waals surface area contributed by atoms with E-state index in [1.54, 1.807) is 13.8 Å². The molecule has 0 radical (unpaired) electrons. The highest BCUT2D eigenvalue weighted by molar-refractivity contribution is 6.01. The van der Waals surface area contributed by atoms with E-state index in [0.717, 1.165) is 22.3 Å². The molecule has 2 amide bonds. The number of benzene rings is 2. The number of nitrogens with zero attached hydrogens (tertiary/aromatic N) is 2. The van der Waals surface area contributed by atoms with Crippen LogP contribution in [0.5, 0.6) is 0 Å². The topological polar surface area (TPSA) is 144 Å². The Hall–Kier alpha value is -4.21. The second-order valence-corrected chi connectivity index (χ2v) is 7.96. The zero-order chi connectivity index (χ0) is 24.3. The molecule has 3 aromatic rings. The standard InChI is InChI=1S/C24H24N4O6/c1-3-24(4-2,22(30)31)26-21(29)19-20(28-34-27-19)25-23(32)33-13-18-16-11-7-5-9-14(16)15-10-6-8-12-17(15)18/h5-12,18H,3-4,13H2,1-2H3,(H,26,29)(H,30,31)(H,25,28,32). The second-order valence-electron chi connectivity index (χ2n) is 7.96. The Kier molecular flexibility index (Phi) is 6.31. The molecular weight excluding hydrogens is 440 g/mol. The summed E-state index contributed by atoms with van der Waals surface area (Å²) in [5.74, 6) is -2.41. The minimum Gasteiger partial charge on any atom is -0.480 e. The lowest BCUT2D eigenvalue weighted by Gasteiger charge is -2.27. The first-order chi connectivity index (χ1) is 16.4. The predicted octanol–water partition coefficient (Wildman–Crippen LogP) is 3.80. The first kappa shape index (κ1) is 23.0. The van der Waals surface area contributed by atoms with Crippen molar-refractivity contribution in [3.8, 4) is 11.1 Å². The van der Waals surface area contributed by atoms with Gasteiger partial charge in [-0.15, -0.1) is 0 Å². The third-order valence-corrected chi connectivity index (χ3v) is 6.24. The number of nitrogens with one attached hydrogen (secondary N) is 2. The number of carbonyl (C=O) groups is 3. The van der Waals surface area contributed by atoms with Crippen molar-refractivity contribution in [1.29, 1.82) is 0 Å². The summed E-state index contributed by atoms with van der Waals surface area (Å²) in [5.41, 5.74) is 2.49. The lowest BCUT2D eigenvalue weighted by atomic mass is 9.93. The predicted molar refractivity (Wildman–Crippen MR) is 121 cm³/mol. The number of hydrogen-bond acceptors (Lipinski definition) is 7. The molecular formula is C24H24N4O6. The van der Waals surface area contributed by atoms with E-state index in [2.05, 4.69) is 25.6 Å². The van der Waals surface area contributed by atoms with Crippen LogP contribution in [0.1, 0.15) is 54.2 Å². The Morgan fingerprint density at radius 1 is 1.00 bits per heavy atom. The molecule has 0 fully saturated rings. The fourth-order valence-corrected chi connectivity index (χ4v) is 4.21. The van der Waals surface area contributed by atoms with Crippen molar-refractivity contribution in [1.82, 2.24) is 15.6 Å². The van der Waals surface area contributed by atoms with Gasteiger partial charge in [-0.25, -0.2) is 14.2 Å². The molecule has 176 valence electrons. The molecule has 1 aromatic heterocycles. The van der Waals surface area contributed by atoms with E-state index in [0.29, 0.717) is 0 Å². The number of carboxylic acid groups (broad SMARTS) is 1. The Bertz CT molecular complexity index is 1190. The quantitative estimate of drug-likeness (QED) is 0.457. The summed E-state index contributed by atoms with van der Waals surface area (Å²) in [5, 5.41) is 21.4. The molecule has 0 aliphatic heterocycles. The number of carbonyl (C=O) groups excluding carboxylic acids is 2. The Labute approximate surface area is 195 Å². The van der Waals surface area contributed by atoms with Gasteiger partial charge in [0.2, 0.25) is 11.5 Å². The summed E-state index contributed by atoms with van der Waals surface area (Å²) in [6, 6.07) is 15.9. The van der Waals surface area contributed by atoms with E-state index in [1.165, 1.54) is 0 Å². The van der Waals surface area contributed by atoms with Crippen molar-refractivity contribution in [2.24, 2.45) is 0 Å². The van der Waals surface area contributed by atoms with Gasteiger partial charge in [-0.05, 0) is 45.4 Å². The first-order valence-corrected chi connectivity index (χ1v) is 10.9. The minimum absolute atomic E-state index is 0.0699. The molecule has 1 aliphatic carbocycles. The normalized spacial score (nSPS) is 12.5. The van der Waals surface area contributed by atoms with Crippen molar-refractivity contribution >= 4 is 23.8 Å². The van der Waals surface area contributed by atoms with Gasteiger partial charge in [0.1, 0.15) is 12.1 Å². The van der Waals surface area contributed by atoms with E-state index in [4.69, 9.17) is 4.74 Å². The molecule has 0 atom stereocenters. The SMILES string of the molecule is CCC(CC)(NC(=O)c1nonc1NC(=O)OCC1c2ccccc2-c2ccccc21)C(=O)O. The van der Waals surface area contributed by atoms with Crippen LogP contribution in [0.25, 0.3) is 11.1 Å². The van der Waals surface area contributed by atoms with E-state index >= 15 is 0 Å². The van der Waals surface area contributed by atoms with Gasteiger partial charge < -0.3 is 15.2 Å². The molecule has 0 spiro atoms. The Balaban J connectivity index is 1.44. The van der Waals surface area contributed by atoms with Gasteiger partial charge in [0.25, 0.3) is 5.91 Å². The van der Waals surface area contributed by atoms with Crippen LogP contribution in [0.2, 0.25) is 0 Å². The summed E-state index contributed by atoms with van der Waals surface area (Å²) in [7, 11) is 0. The summed E-state index contributed by atoms with van der Waals surface area (Å²) >= 11 is 0. The molecule has 34 heavy (non-hydrogen) atoms. The lowest BCUT2D eigenvalue weighted by molar-refractivity contribution is -0.144. The number of fused-ring (bicyclic) bond motifs is 3. The highest BCUT2D eigenvalue weighted by atomic mass is 16.6. The van der Waals surface area contributed by atoms with Crippen LogP contribution in [0.3, 0.4) is 0 Å². The third kappa shape index (κ3) is 4.09. The van der Waals surface area contributed by atoms with Gasteiger partial charge in [-0.3, -0.25) is 10.1 Å². The molecule has 1 aliphatic rings. The van der Waals surface area contributed by atoms with Crippen LogP contribution < -0.4 is 10.6 Å². The maximum Gasteiger partial charge on any atom is 0.412 e. The van der Waals surface area contributed by atoms with Gasteiger partial charge >= 0.3 is 12.1 Å². The van der Waals surface area contributed by atoms with Gasteiger partial charge in [0, 0.05) is 5.92 Å². The van der Waals surface area contributed by atoms with Gasteiger partial charge in [-0.2, -0.15) is 0 Å². The lowest BCUT2D eigenvalue weighted by Crippen LogP contribution is -2.53. The number of anilines is 1. The second kappa shape index (κ2) is 9.34. The van der Waals surface area contributed by atoms with Crippen LogP contribution in [0, 0.1) is 0 Å². The highest BCUT2D eigenvalue weighted by Gasteiger charge is 2.38. The van der Waals surface area contributed by atoms with Gasteiger partial charge in [0.15, 0.2) is 0 Å². The average Bonchev–Trinajstić information content (AvgIpc) is 3.43. The van der Waals surface area contributed by atoms with Crippen molar-refractivity contribution in [3.63, 3.8) is 0 Å². The molecule has 10 heteroatoms. The molecule has 1 heterocycles. The van der Waals surface area contributed by atoms with Crippen molar-refractivity contribution < 1.29 is 28.9 Å². The highest BCUT2D eigenvalue weighted by Crippen LogP contribution is 2.44. The maximum atomic E-state index is 12.7. The van der Waals surface area contributed by atoms with Crippen molar-refractivity contribution in [2.75, 3.05) is 11.9 Å². The molecule has 10 nitrogen and oxygen atoms in total. The molecule has 0 bridgehead atoms. The first-order valence-electron chi connectivity index (χ1n) is 10.9. The molecule has 0 saturated heterocycles. The van der Waals surface area contributed by atoms with Gasteiger partial charge in [0.05, 0.1) is 0 Å². The number of ether oxygens (including phenoxy) is 1. The van der Waals surface area contributed by atoms with E-state index in [9.17, 15) is 19.5 Å². The molecule has 3 N–H and O–H groups in total. The maximum absolute atomic E-state index is 12.7. The number of hydrogen-bond donors (Lipinski definition) is 3. The van der Waals surface area contributed by atoms with Crippen molar-refractivity contribution in [2.45, 2.75) is 38.1 Å². The fraction of sp³-hybridized carbons (Fsp3) is 0.292. The Morgan fingerprint density at radius 3 is 2.15 bits per heavy atom. The van der Waals surface area contributed by atoms with E-state index < -0.39 is 23.5 Å². The smallest absolute Gasteiger partial charge is 0.412 e. The van der Waals surface area contributed by atoms with Crippen LogP contribution in [0.4, 0.5) is 10.6 Å². The zero-order valence-electron chi connectivity index (χ0n) is 18.7. The molecule has 0 saturated carbocycles. The van der Waals surface area contributed by atoms with Crippen LogP contribution >= 0.6 is 0 Å². The zero-order valence-corrected chi connectivity index (χ0v) is 18.7. The monoisotopic (exact) mass is 464 g/mol. The number of amides is 2. The van der Waals surface area contributed by atoms with Gasteiger partial charge in [-0.1, -0.05) is 62.4 Å². The summed E-state index contributed by atoms with van der Waals surface area (Å²) in [6.45, 7) is 3.37. The van der Waals surface area contributed by atoms with E-state index in [-0.39, 0.29) is 36.9 Å². The third-order valence-electron chi connectivity index (χ3n) is 6.24. The average molecular weight is 464 g/mol. The number of aromatic nitrogens is 2. The van der Waals surface area contributed by atoms with Crippen LogP contribution in [-0.4, -0.2) is 45.5 Å². The summed E-state index contributed by atoms with van der Waals surface area (Å²) in [6.07, 6.45) is -0.530. The molecule has 4 rings (SSSR count). The molecule has 0 unspecified atom stereocenters. The van der Waals surface area contributed by atoms with E-state index in [1.807, 2.05) is 48.5 Å². The minimum atomic E-state index is -1.48. The summed E-state index contributed by atoms with van der Waals surface area (Å²) < 4.78 is 10.0. The van der Waals surface area contributed by atoms with Crippen LogP contribution in [-0.2, 0) is 9.53 Å². The Morgan fingerprint density at radius 2 is 1.59 bits per heavy atom. The number of rotatable bonds is 8. The fourth-order valence-electron chi connectivity index (χ4n) is 4.21. The van der Waals surface area contributed by atoms with Crippen molar-refractivity contribution in [3.05, 3.63) is 65.4 Å². The summed E-state index contributed by atoms with van der Waals surface area (Å²) in [4.78, 5) is 36.8.